The van der Waals surface area contributed by atoms with Gasteiger partial charge in [-0.3, -0.25) is 4.79 Å². The van der Waals surface area contributed by atoms with Gasteiger partial charge in [0.05, 0.1) is 0 Å². The molecule has 0 bridgehead atoms. The van der Waals surface area contributed by atoms with Crippen molar-refractivity contribution in [3.05, 3.63) is 0 Å². The maximum Gasteiger partial charge on any atom is 0.482 e. The smallest absolute Gasteiger partial charge is 0.482 e. The maximum absolute atomic E-state index is 9.75. The Labute approximate surface area is 62.6 Å². The summed E-state index contributed by atoms with van der Waals surface area (Å²) in [6.45, 7) is 6.34. The van der Waals surface area contributed by atoms with E-state index >= 15 is 0 Å². The van der Waals surface area contributed by atoms with E-state index in [1.54, 1.807) is 0 Å². The molecule has 0 saturated carbocycles. The van der Waals surface area contributed by atoms with Crippen LogP contribution in [0.1, 0.15) is 20.3 Å². The first-order valence-corrected chi connectivity index (χ1v) is 3.51. The van der Waals surface area contributed by atoms with Crippen molar-refractivity contribution in [2.45, 2.75) is 20.3 Å². The summed E-state index contributed by atoms with van der Waals surface area (Å²) in [7, 11) is 1.45. The molecule has 4 heteroatoms. The second kappa shape index (κ2) is 6.61. The largest absolute Gasteiger partial charge is 0.524 e. The molecular weight excluding hydrogens is 129 g/mol. The minimum Gasteiger partial charge on any atom is -0.524 e. The highest BCUT2D eigenvalue weighted by Crippen LogP contribution is 1.86. The first kappa shape index (κ1) is 9.49. The van der Waals surface area contributed by atoms with Gasteiger partial charge in [-0.05, 0) is 19.5 Å². The molecule has 0 aromatic carbocycles. The number of hydrogen-bond donors (Lipinski definition) is 0. The molecular formula is C6H13BNO2. The third-order valence-electron chi connectivity index (χ3n) is 1.18. The van der Waals surface area contributed by atoms with Crippen molar-refractivity contribution >= 4 is 14.1 Å². The molecule has 10 heavy (non-hydrogen) atoms. The Morgan fingerprint density at radius 2 is 2.30 bits per heavy atom. The second-order valence-electron chi connectivity index (χ2n) is 1.97. The summed E-state index contributed by atoms with van der Waals surface area (Å²) in [5.74, 6) is 0. The van der Waals surface area contributed by atoms with Crippen molar-refractivity contribution in [2.24, 2.45) is 0 Å². The molecule has 0 aliphatic carbocycles. The van der Waals surface area contributed by atoms with E-state index in [1.165, 1.54) is 7.62 Å². The van der Waals surface area contributed by atoms with Crippen LogP contribution in [0.5, 0.6) is 0 Å². The summed E-state index contributed by atoms with van der Waals surface area (Å²) in [6, 6.07) is 0. The Bertz CT molecular complexity index is 89.8. The fraction of sp³-hybridized carbons (Fsp3) is 0.833. The molecule has 0 heterocycles. The van der Waals surface area contributed by atoms with E-state index in [1.807, 2.05) is 11.7 Å². The van der Waals surface area contributed by atoms with Gasteiger partial charge in [0.2, 0.25) is 0 Å². The lowest BCUT2D eigenvalue weighted by molar-refractivity contribution is -0.121. The van der Waals surface area contributed by atoms with Crippen LogP contribution in [0.15, 0.2) is 0 Å². The third-order valence-corrected chi connectivity index (χ3v) is 1.18. The Morgan fingerprint density at radius 1 is 1.60 bits per heavy atom. The SMILES string of the molecule is CCCN([B]OC=O)CC. The van der Waals surface area contributed by atoms with Crippen molar-refractivity contribution in [2.75, 3.05) is 13.1 Å². The van der Waals surface area contributed by atoms with Gasteiger partial charge in [0, 0.05) is 0 Å². The van der Waals surface area contributed by atoms with E-state index in [2.05, 4.69) is 11.6 Å². The van der Waals surface area contributed by atoms with Crippen LogP contribution < -0.4 is 0 Å². The van der Waals surface area contributed by atoms with Gasteiger partial charge in [-0.15, -0.1) is 0 Å². The minimum absolute atomic E-state index is 0.429. The molecule has 0 spiro atoms. The summed E-state index contributed by atoms with van der Waals surface area (Å²) in [5, 5.41) is 0. The Hall–Kier alpha value is -0.505. The summed E-state index contributed by atoms with van der Waals surface area (Å²) in [4.78, 5) is 11.7. The summed E-state index contributed by atoms with van der Waals surface area (Å²) in [5.41, 5.74) is 0. The van der Waals surface area contributed by atoms with Crippen molar-refractivity contribution < 1.29 is 9.45 Å². The molecule has 1 radical (unpaired) electrons. The van der Waals surface area contributed by atoms with Gasteiger partial charge >= 0.3 is 7.62 Å². The standard InChI is InChI=1S/C6H13BNO2/c1-3-5-8(4-2)7-10-6-9/h6H,3-5H2,1-2H3. The van der Waals surface area contributed by atoms with Gasteiger partial charge < -0.3 is 9.47 Å². The van der Waals surface area contributed by atoms with Gasteiger partial charge in [-0.2, -0.15) is 0 Å². The number of hydrogen-bond acceptors (Lipinski definition) is 3. The van der Waals surface area contributed by atoms with Gasteiger partial charge in [-0.1, -0.05) is 13.8 Å². The van der Waals surface area contributed by atoms with Crippen molar-refractivity contribution in [1.82, 2.24) is 4.81 Å². The van der Waals surface area contributed by atoms with Gasteiger partial charge in [0.25, 0.3) is 6.47 Å². The summed E-state index contributed by atoms with van der Waals surface area (Å²) in [6.07, 6.45) is 1.06. The highest BCUT2D eigenvalue weighted by molar-refractivity contribution is 6.25. The first-order valence-electron chi connectivity index (χ1n) is 3.51. The zero-order valence-electron chi connectivity index (χ0n) is 6.54. The summed E-state index contributed by atoms with van der Waals surface area (Å²) < 4.78 is 4.46. The van der Waals surface area contributed by atoms with E-state index in [4.69, 9.17) is 0 Å². The van der Waals surface area contributed by atoms with E-state index in [0.29, 0.717) is 6.47 Å². The maximum atomic E-state index is 9.75. The van der Waals surface area contributed by atoms with Crippen molar-refractivity contribution in [3.8, 4) is 0 Å². The topological polar surface area (TPSA) is 29.5 Å². The minimum atomic E-state index is 0.429. The average molecular weight is 142 g/mol. The average Bonchev–Trinajstić information content (AvgIpc) is 1.98. The van der Waals surface area contributed by atoms with Crippen LogP contribution >= 0.6 is 0 Å². The second-order valence-corrected chi connectivity index (χ2v) is 1.97. The first-order chi connectivity index (χ1) is 4.85. The lowest BCUT2D eigenvalue weighted by Crippen LogP contribution is -2.30. The fourth-order valence-corrected chi connectivity index (χ4v) is 0.683. The Balaban J connectivity index is 3.29. The zero-order chi connectivity index (χ0) is 7.82. The Kier molecular flexibility index (Phi) is 6.28. The molecule has 3 nitrogen and oxygen atoms in total. The third kappa shape index (κ3) is 4.38. The molecule has 0 rings (SSSR count). The highest BCUT2D eigenvalue weighted by Gasteiger charge is 2.03. The molecule has 0 N–H and O–H groups in total. The number of carbonyl (C=O) groups is 1. The molecule has 57 valence electrons. The van der Waals surface area contributed by atoms with Crippen LogP contribution in [0.25, 0.3) is 0 Å². The van der Waals surface area contributed by atoms with Crippen molar-refractivity contribution in [1.29, 1.82) is 0 Å². The number of carbonyl (C=O) groups excluding carboxylic acids is 1. The predicted octanol–water partition coefficient (Wildman–Crippen LogP) is 0.425. The van der Waals surface area contributed by atoms with Gasteiger partial charge in [-0.25, -0.2) is 0 Å². The highest BCUT2D eigenvalue weighted by atomic mass is 16.5. The quantitative estimate of drug-likeness (QED) is 0.397. The molecule has 0 amide bonds. The van der Waals surface area contributed by atoms with Crippen LogP contribution in [0.3, 0.4) is 0 Å². The van der Waals surface area contributed by atoms with Gasteiger partial charge in [0.1, 0.15) is 0 Å². The van der Waals surface area contributed by atoms with Crippen LogP contribution in [-0.4, -0.2) is 32.0 Å². The van der Waals surface area contributed by atoms with Crippen LogP contribution in [0.2, 0.25) is 0 Å². The summed E-state index contributed by atoms with van der Waals surface area (Å²) >= 11 is 0. The molecule has 0 atom stereocenters. The van der Waals surface area contributed by atoms with E-state index in [9.17, 15) is 4.79 Å². The molecule has 0 aliphatic heterocycles. The molecule has 0 aromatic heterocycles. The van der Waals surface area contributed by atoms with E-state index in [-0.39, 0.29) is 0 Å². The van der Waals surface area contributed by atoms with E-state index < -0.39 is 0 Å². The monoisotopic (exact) mass is 142 g/mol. The lowest BCUT2D eigenvalue weighted by Gasteiger charge is -2.14. The number of rotatable bonds is 6. The Morgan fingerprint density at radius 3 is 2.70 bits per heavy atom. The lowest BCUT2D eigenvalue weighted by atomic mass is 10.2. The van der Waals surface area contributed by atoms with Crippen LogP contribution in [0.4, 0.5) is 0 Å². The molecule has 0 unspecified atom stereocenters. The fourth-order valence-electron chi connectivity index (χ4n) is 0.683. The molecule has 0 saturated heterocycles. The molecule has 0 aliphatic rings. The molecule has 0 fully saturated rings. The predicted molar refractivity (Wildman–Crippen MR) is 40.4 cm³/mol. The van der Waals surface area contributed by atoms with Crippen LogP contribution in [-0.2, 0) is 9.45 Å². The van der Waals surface area contributed by atoms with Gasteiger partial charge in [0.15, 0.2) is 0 Å². The zero-order valence-corrected chi connectivity index (χ0v) is 6.54. The van der Waals surface area contributed by atoms with Crippen molar-refractivity contribution in [3.63, 3.8) is 0 Å². The molecule has 0 aromatic rings. The number of nitrogens with zero attached hydrogens (tertiary/aromatic N) is 1. The normalized spacial score (nSPS) is 9.50. The van der Waals surface area contributed by atoms with E-state index in [0.717, 1.165) is 19.5 Å². The van der Waals surface area contributed by atoms with Crippen LogP contribution in [0, 0.1) is 0 Å².